The normalized spacial score (nSPS) is 10.9. The summed E-state index contributed by atoms with van der Waals surface area (Å²) in [6.45, 7) is 0.630. The molecule has 0 aliphatic heterocycles. The highest BCUT2D eigenvalue weighted by Gasteiger charge is 2.10. The average molecular weight is 367 g/mol. The lowest BCUT2D eigenvalue weighted by molar-refractivity contribution is 0.459. The number of benzene rings is 2. The lowest BCUT2D eigenvalue weighted by Gasteiger charge is -2.11. The molecule has 0 amide bonds. The molecule has 112 valence electrons. The van der Waals surface area contributed by atoms with Crippen LogP contribution in [0.2, 0.25) is 20.1 Å². The van der Waals surface area contributed by atoms with Gasteiger partial charge in [0.15, 0.2) is 0 Å². The molecule has 0 aliphatic carbocycles. The van der Waals surface area contributed by atoms with Gasteiger partial charge >= 0.3 is 0 Å². The Morgan fingerprint density at radius 2 is 1.10 bits per heavy atom. The van der Waals surface area contributed by atoms with E-state index >= 15 is 0 Å². The van der Waals surface area contributed by atoms with Gasteiger partial charge < -0.3 is 15.5 Å². The minimum absolute atomic E-state index is 0.0260. The first-order valence-electron chi connectivity index (χ1n) is 5.93. The van der Waals surface area contributed by atoms with Crippen LogP contribution in [0.15, 0.2) is 24.3 Å². The smallest absolute Gasteiger partial charge is 0.138 e. The van der Waals surface area contributed by atoms with Gasteiger partial charge in [-0.2, -0.15) is 0 Å². The summed E-state index contributed by atoms with van der Waals surface area (Å²) in [5.41, 5.74) is 1.11. The predicted molar refractivity (Wildman–Crippen MR) is 86.8 cm³/mol. The van der Waals surface area contributed by atoms with Crippen molar-refractivity contribution in [3.8, 4) is 11.5 Å². The van der Waals surface area contributed by atoms with E-state index in [9.17, 15) is 10.2 Å². The third-order valence-electron chi connectivity index (χ3n) is 2.85. The molecule has 2 aromatic carbocycles. The van der Waals surface area contributed by atoms with Crippen LogP contribution in [0.1, 0.15) is 11.1 Å². The molecule has 0 fully saturated rings. The Labute approximate surface area is 142 Å². The maximum atomic E-state index is 9.84. The summed E-state index contributed by atoms with van der Waals surface area (Å²) in [4.78, 5) is 0. The first-order chi connectivity index (χ1) is 9.88. The van der Waals surface area contributed by atoms with Crippen LogP contribution in [0.3, 0.4) is 0 Å². The number of halogens is 4. The Kier molecular flexibility index (Phi) is 5.47. The topological polar surface area (TPSA) is 52.5 Å². The van der Waals surface area contributed by atoms with Crippen LogP contribution in [0.4, 0.5) is 0 Å². The minimum Gasteiger partial charge on any atom is -0.506 e. The second kappa shape index (κ2) is 6.95. The van der Waals surface area contributed by atoms with E-state index in [1.807, 2.05) is 0 Å². The van der Waals surface area contributed by atoms with Gasteiger partial charge in [-0.3, -0.25) is 0 Å². The molecule has 3 N–H and O–H groups in total. The second-order valence-corrected chi connectivity index (χ2v) is 6.08. The monoisotopic (exact) mass is 365 g/mol. The summed E-state index contributed by atoms with van der Waals surface area (Å²) in [6, 6.07) is 6.15. The second-order valence-electron chi connectivity index (χ2n) is 4.39. The molecule has 0 unspecified atom stereocenters. The Morgan fingerprint density at radius 1 is 0.714 bits per heavy atom. The Morgan fingerprint density at radius 3 is 1.48 bits per heavy atom. The highest BCUT2D eigenvalue weighted by atomic mass is 35.5. The van der Waals surface area contributed by atoms with Crippen molar-refractivity contribution in [2.24, 2.45) is 0 Å². The molecule has 3 nitrogen and oxygen atoms in total. The molecule has 0 spiro atoms. The maximum Gasteiger partial charge on any atom is 0.138 e. The van der Waals surface area contributed by atoms with Crippen LogP contribution in [-0.2, 0) is 13.1 Å². The number of hydrogen-bond donors (Lipinski definition) is 3. The average Bonchev–Trinajstić information content (AvgIpc) is 2.40. The Hall–Kier alpha value is -0.840. The molecule has 21 heavy (non-hydrogen) atoms. The molecule has 7 heteroatoms. The molecule has 0 heterocycles. The fourth-order valence-corrected chi connectivity index (χ4v) is 2.91. The molecule has 2 aromatic rings. The Balaban J connectivity index is 2.09. The molecular formula is C14H11Cl4NO2. The van der Waals surface area contributed by atoms with Crippen molar-refractivity contribution < 1.29 is 10.2 Å². The zero-order valence-corrected chi connectivity index (χ0v) is 13.7. The molecule has 0 saturated heterocycles. The van der Waals surface area contributed by atoms with Gasteiger partial charge in [0.25, 0.3) is 0 Å². The highest BCUT2D eigenvalue weighted by molar-refractivity contribution is 6.36. The van der Waals surface area contributed by atoms with E-state index in [0.717, 1.165) is 0 Å². The zero-order valence-electron chi connectivity index (χ0n) is 10.6. The van der Waals surface area contributed by atoms with Crippen LogP contribution in [0, 0.1) is 0 Å². The van der Waals surface area contributed by atoms with Crippen molar-refractivity contribution in [3.63, 3.8) is 0 Å². The zero-order chi connectivity index (χ0) is 15.6. The molecule has 2 rings (SSSR count). The van der Waals surface area contributed by atoms with Gasteiger partial charge in [-0.15, -0.1) is 0 Å². The molecule has 0 aromatic heterocycles. The van der Waals surface area contributed by atoms with Gasteiger partial charge in [0, 0.05) is 34.3 Å². The fourth-order valence-electron chi connectivity index (χ4n) is 1.84. The lowest BCUT2D eigenvalue weighted by Crippen LogP contribution is -2.13. The first kappa shape index (κ1) is 16.5. The quantitative estimate of drug-likeness (QED) is 0.713. The molecule has 0 bridgehead atoms. The third-order valence-corrected chi connectivity index (χ3v) is 3.86. The number of aromatic hydroxyl groups is 2. The number of nitrogens with one attached hydrogen (secondary N) is 1. The van der Waals surface area contributed by atoms with Crippen LogP contribution in [0.25, 0.3) is 0 Å². The van der Waals surface area contributed by atoms with Gasteiger partial charge in [-0.05, 0) is 24.3 Å². The van der Waals surface area contributed by atoms with Gasteiger partial charge in [-0.25, -0.2) is 0 Å². The standard InChI is InChI=1S/C14H11Cl4NO2/c15-9-1-7(13(20)11(17)3-9)5-19-6-8-2-10(16)4-12(18)14(8)21/h1-4,19-21H,5-6H2. The van der Waals surface area contributed by atoms with E-state index in [4.69, 9.17) is 46.4 Å². The van der Waals surface area contributed by atoms with E-state index in [1.54, 1.807) is 12.1 Å². The molecule has 0 saturated carbocycles. The third kappa shape index (κ3) is 4.09. The fraction of sp³-hybridized carbons (Fsp3) is 0.143. The number of phenols is 2. The number of phenolic OH excluding ortho intramolecular Hbond substituents is 2. The molecule has 0 atom stereocenters. The van der Waals surface area contributed by atoms with E-state index in [-0.39, 0.29) is 21.5 Å². The van der Waals surface area contributed by atoms with Crippen molar-refractivity contribution in [3.05, 3.63) is 55.5 Å². The molecule has 0 aliphatic rings. The van der Waals surface area contributed by atoms with Crippen molar-refractivity contribution in [2.45, 2.75) is 13.1 Å². The summed E-state index contributed by atoms with van der Waals surface area (Å²) in [6.07, 6.45) is 0. The maximum absolute atomic E-state index is 9.84. The van der Waals surface area contributed by atoms with E-state index < -0.39 is 0 Å². The van der Waals surface area contributed by atoms with Crippen molar-refractivity contribution in [1.82, 2.24) is 5.32 Å². The van der Waals surface area contributed by atoms with Gasteiger partial charge in [-0.1, -0.05) is 46.4 Å². The SMILES string of the molecule is Oc1c(Cl)cc(Cl)cc1CNCc1cc(Cl)cc(Cl)c1O. The van der Waals surface area contributed by atoms with Crippen LogP contribution in [-0.4, -0.2) is 10.2 Å². The highest BCUT2D eigenvalue weighted by Crippen LogP contribution is 2.32. The van der Waals surface area contributed by atoms with Crippen molar-refractivity contribution in [2.75, 3.05) is 0 Å². The lowest BCUT2D eigenvalue weighted by atomic mass is 10.1. The number of hydrogen-bond acceptors (Lipinski definition) is 3. The van der Waals surface area contributed by atoms with E-state index in [0.29, 0.717) is 34.3 Å². The van der Waals surface area contributed by atoms with Crippen molar-refractivity contribution >= 4 is 46.4 Å². The van der Waals surface area contributed by atoms with Gasteiger partial charge in [0.2, 0.25) is 0 Å². The van der Waals surface area contributed by atoms with Gasteiger partial charge in [0.1, 0.15) is 11.5 Å². The minimum atomic E-state index is -0.0260. The van der Waals surface area contributed by atoms with Crippen LogP contribution < -0.4 is 5.32 Å². The summed E-state index contributed by atoms with van der Waals surface area (Å²) < 4.78 is 0. The molecular weight excluding hydrogens is 356 g/mol. The summed E-state index contributed by atoms with van der Waals surface area (Å²) in [5, 5.41) is 24.0. The van der Waals surface area contributed by atoms with Crippen LogP contribution in [0.5, 0.6) is 11.5 Å². The van der Waals surface area contributed by atoms with Crippen molar-refractivity contribution in [1.29, 1.82) is 0 Å². The predicted octanol–water partition coefficient (Wildman–Crippen LogP) is 5.00. The molecule has 0 radical (unpaired) electrons. The largest absolute Gasteiger partial charge is 0.506 e. The Bertz CT molecular complexity index is 619. The summed E-state index contributed by atoms with van der Waals surface area (Å²) in [7, 11) is 0. The van der Waals surface area contributed by atoms with Crippen LogP contribution >= 0.6 is 46.4 Å². The van der Waals surface area contributed by atoms with E-state index in [2.05, 4.69) is 5.32 Å². The van der Waals surface area contributed by atoms with E-state index in [1.165, 1.54) is 12.1 Å². The first-order valence-corrected chi connectivity index (χ1v) is 7.44. The summed E-state index contributed by atoms with van der Waals surface area (Å²) in [5.74, 6) is -0.0520. The van der Waals surface area contributed by atoms with Gasteiger partial charge in [0.05, 0.1) is 10.0 Å². The summed E-state index contributed by atoms with van der Waals surface area (Å²) >= 11 is 23.5. The number of rotatable bonds is 4.